The van der Waals surface area contributed by atoms with Crippen molar-refractivity contribution in [2.45, 2.75) is 71.1 Å². The topological polar surface area (TPSA) is 65.8 Å². The summed E-state index contributed by atoms with van der Waals surface area (Å²) in [5.74, 6) is -1.34. The van der Waals surface area contributed by atoms with Crippen molar-refractivity contribution in [1.29, 1.82) is 0 Å². The molecule has 0 aromatic carbocycles. The fraction of sp³-hybridized carbons (Fsp3) is 0.700. The highest BCUT2D eigenvalue weighted by atomic mass is 28.2. The number of rotatable bonds is 13. The monoisotopic (exact) mass is 439 g/mol. The standard InChI is InChI=1S/C20H37N3O4Si2/c1-6-15-25-18(24)19(2,3)20(26-28-4,27-29-5)23-13-8-10-17(23)9-7-12-22-14-11-21-16-22/h6,11,14,16-17H,1,7-10,12-13,15,28-29H2,2-5H3. The van der Waals surface area contributed by atoms with Crippen LogP contribution in [-0.4, -0.2) is 65.1 Å². The van der Waals surface area contributed by atoms with Crippen molar-refractivity contribution in [3.05, 3.63) is 31.4 Å². The minimum atomic E-state index is -1.04. The number of esters is 1. The molecule has 0 N–H and O–H groups in total. The number of aromatic nitrogens is 2. The van der Waals surface area contributed by atoms with Gasteiger partial charge >= 0.3 is 5.97 Å². The number of carbonyl (C=O) groups excluding carboxylic acids is 1. The Labute approximate surface area is 179 Å². The van der Waals surface area contributed by atoms with Crippen molar-refractivity contribution in [3.8, 4) is 0 Å². The first-order valence-electron chi connectivity index (χ1n) is 10.7. The zero-order chi connectivity index (χ0) is 21.3. The van der Waals surface area contributed by atoms with Crippen molar-refractivity contribution in [1.82, 2.24) is 14.5 Å². The van der Waals surface area contributed by atoms with Crippen LogP contribution < -0.4 is 0 Å². The van der Waals surface area contributed by atoms with E-state index in [1.807, 2.05) is 32.6 Å². The Morgan fingerprint density at radius 1 is 1.34 bits per heavy atom. The van der Waals surface area contributed by atoms with Gasteiger partial charge in [-0.25, -0.2) is 4.98 Å². The summed E-state index contributed by atoms with van der Waals surface area (Å²) in [7, 11) is -1.67. The minimum Gasteiger partial charge on any atom is -0.461 e. The number of ether oxygens (including phenoxy) is 1. The molecular weight excluding hydrogens is 402 g/mol. The molecule has 1 saturated heterocycles. The van der Waals surface area contributed by atoms with Crippen LogP contribution in [0.4, 0.5) is 0 Å². The summed E-state index contributed by atoms with van der Waals surface area (Å²) in [6, 6.07) is 0.325. The zero-order valence-electron chi connectivity index (χ0n) is 18.4. The lowest BCUT2D eigenvalue weighted by molar-refractivity contribution is -0.290. The minimum absolute atomic E-state index is 0.194. The van der Waals surface area contributed by atoms with Crippen molar-refractivity contribution < 1.29 is 18.4 Å². The van der Waals surface area contributed by atoms with Crippen molar-refractivity contribution in [2.75, 3.05) is 13.2 Å². The van der Waals surface area contributed by atoms with Gasteiger partial charge in [0.25, 0.3) is 0 Å². The highest BCUT2D eigenvalue weighted by Gasteiger charge is 2.58. The Morgan fingerprint density at radius 2 is 2.07 bits per heavy atom. The molecule has 1 atom stereocenters. The Balaban J connectivity index is 2.23. The van der Waals surface area contributed by atoms with E-state index < -0.39 is 30.9 Å². The van der Waals surface area contributed by atoms with Crippen LogP contribution in [0.5, 0.6) is 0 Å². The third-order valence-corrected chi connectivity index (χ3v) is 6.94. The molecule has 0 saturated carbocycles. The lowest BCUT2D eigenvalue weighted by atomic mass is 9.86. The number of imidazole rings is 1. The third-order valence-electron chi connectivity index (χ3n) is 5.58. The molecule has 1 aromatic heterocycles. The first-order chi connectivity index (χ1) is 13.9. The van der Waals surface area contributed by atoms with Crippen molar-refractivity contribution >= 4 is 25.5 Å². The molecule has 0 radical (unpaired) electrons. The molecule has 1 aliphatic rings. The van der Waals surface area contributed by atoms with Gasteiger partial charge in [-0.15, -0.1) is 0 Å². The van der Waals surface area contributed by atoms with Crippen LogP contribution in [0.15, 0.2) is 31.4 Å². The predicted molar refractivity (Wildman–Crippen MR) is 120 cm³/mol. The summed E-state index contributed by atoms with van der Waals surface area (Å²) in [5, 5.41) is 0. The van der Waals surface area contributed by atoms with E-state index >= 15 is 0 Å². The summed E-state index contributed by atoms with van der Waals surface area (Å²) >= 11 is 0. The number of likely N-dealkylation sites (tertiary alicyclic amines) is 1. The number of hydrogen-bond acceptors (Lipinski definition) is 6. The van der Waals surface area contributed by atoms with E-state index in [2.05, 4.69) is 34.1 Å². The van der Waals surface area contributed by atoms with Crippen LogP contribution in [0.1, 0.15) is 39.5 Å². The molecular formula is C20H37N3O4Si2. The number of hydrogen-bond donors (Lipinski definition) is 0. The van der Waals surface area contributed by atoms with Crippen LogP contribution in [0.2, 0.25) is 13.1 Å². The summed E-state index contributed by atoms with van der Waals surface area (Å²) in [6.07, 6.45) is 11.5. The van der Waals surface area contributed by atoms with Gasteiger partial charge in [0.1, 0.15) is 12.0 Å². The second-order valence-electron chi connectivity index (χ2n) is 7.89. The van der Waals surface area contributed by atoms with E-state index in [0.717, 1.165) is 38.8 Å². The predicted octanol–water partition coefficient (Wildman–Crippen LogP) is 1.83. The van der Waals surface area contributed by atoms with Gasteiger partial charge in [-0.2, -0.15) is 0 Å². The van der Waals surface area contributed by atoms with Gasteiger partial charge in [-0.1, -0.05) is 25.7 Å². The van der Waals surface area contributed by atoms with E-state index in [1.165, 1.54) is 0 Å². The van der Waals surface area contributed by atoms with Gasteiger partial charge in [0.2, 0.25) is 5.91 Å². The average Bonchev–Trinajstić information content (AvgIpc) is 3.38. The smallest absolute Gasteiger partial charge is 0.318 e. The van der Waals surface area contributed by atoms with E-state index in [9.17, 15) is 4.79 Å². The fourth-order valence-electron chi connectivity index (χ4n) is 4.21. The molecule has 0 aliphatic carbocycles. The van der Waals surface area contributed by atoms with E-state index in [4.69, 9.17) is 13.6 Å². The maximum absolute atomic E-state index is 13.0. The molecule has 7 nitrogen and oxygen atoms in total. The number of carbonyl (C=O) groups is 1. The Morgan fingerprint density at radius 3 is 2.66 bits per heavy atom. The molecule has 1 aromatic rings. The van der Waals surface area contributed by atoms with Crippen LogP contribution >= 0.6 is 0 Å². The molecule has 2 rings (SSSR count). The quantitative estimate of drug-likeness (QED) is 0.202. The molecule has 9 heteroatoms. The number of aryl methyl sites for hydroxylation is 1. The van der Waals surface area contributed by atoms with Crippen LogP contribution in [0.3, 0.4) is 0 Å². The van der Waals surface area contributed by atoms with Crippen LogP contribution in [0, 0.1) is 5.41 Å². The average molecular weight is 440 g/mol. The number of nitrogens with zero attached hydrogens (tertiary/aromatic N) is 3. The summed E-state index contributed by atoms with van der Waals surface area (Å²) < 4.78 is 20.4. The molecule has 0 bridgehead atoms. The Kier molecular flexibility index (Phi) is 9.28. The van der Waals surface area contributed by atoms with E-state index in [1.54, 1.807) is 6.08 Å². The van der Waals surface area contributed by atoms with Gasteiger partial charge in [0.05, 0.1) is 6.33 Å². The van der Waals surface area contributed by atoms with Gasteiger partial charge in [0.15, 0.2) is 19.5 Å². The van der Waals surface area contributed by atoms with E-state index in [-0.39, 0.29) is 12.6 Å². The Bertz CT molecular complexity index is 634. The Hall–Kier alpha value is -1.27. The maximum atomic E-state index is 13.0. The van der Waals surface area contributed by atoms with Gasteiger partial charge < -0.3 is 18.2 Å². The lowest BCUT2D eigenvalue weighted by Gasteiger charge is -2.51. The molecule has 164 valence electrons. The van der Waals surface area contributed by atoms with Gasteiger partial charge in [-0.3, -0.25) is 9.69 Å². The van der Waals surface area contributed by atoms with Crippen LogP contribution in [-0.2, 0) is 24.9 Å². The van der Waals surface area contributed by atoms with Crippen molar-refractivity contribution in [3.63, 3.8) is 0 Å². The van der Waals surface area contributed by atoms with Gasteiger partial charge in [-0.05, 0) is 39.5 Å². The molecule has 2 heterocycles. The van der Waals surface area contributed by atoms with E-state index in [0.29, 0.717) is 6.04 Å². The summed E-state index contributed by atoms with van der Waals surface area (Å²) in [4.78, 5) is 19.5. The highest BCUT2D eigenvalue weighted by Crippen LogP contribution is 2.44. The lowest BCUT2D eigenvalue weighted by Crippen LogP contribution is -2.66. The first-order valence-corrected chi connectivity index (χ1v) is 14.7. The molecule has 1 aliphatic heterocycles. The SMILES string of the molecule is C=CCOC(=O)C(C)(C)C(O[SiH2]C)(O[SiH2]C)N1CCCC1CCCn1ccnc1. The largest absolute Gasteiger partial charge is 0.461 e. The summed E-state index contributed by atoms with van der Waals surface area (Å²) in [6.45, 7) is 13.6. The molecule has 1 fully saturated rings. The third kappa shape index (κ3) is 5.46. The normalized spacial score (nSPS) is 20.6. The molecule has 1 unspecified atom stereocenters. The molecule has 0 amide bonds. The second kappa shape index (κ2) is 11.2. The maximum Gasteiger partial charge on any atom is 0.318 e. The second-order valence-corrected chi connectivity index (χ2v) is 9.62. The van der Waals surface area contributed by atoms with Crippen LogP contribution in [0.25, 0.3) is 0 Å². The molecule has 0 spiro atoms. The zero-order valence-corrected chi connectivity index (χ0v) is 21.3. The summed E-state index contributed by atoms with van der Waals surface area (Å²) in [5.41, 5.74) is -0.936. The molecule has 29 heavy (non-hydrogen) atoms. The highest BCUT2D eigenvalue weighted by molar-refractivity contribution is 6.26. The first kappa shape index (κ1) is 24.0. The van der Waals surface area contributed by atoms with Gasteiger partial charge in [0, 0.05) is 31.5 Å². The fourth-order valence-corrected chi connectivity index (χ4v) is 6.38. The van der Waals surface area contributed by atoms with Crippen molar-refractivity contribution in [2.24, 2.45) is 5.41 Å².